The number of carbonyl (C=O) groups is 2. The summed E-state index contributed by atoms with van der Waals surface area (Å²) in [6.07, 6.45) is 0. The number of likely N-dealkylation sites (N-methyl/N-ethyl adjacent to an activating group) is 1. The highest BCUT2D eigenvalue weighted by Gasteiger charge is 2.19. The molecule has 0 saturated heterocycles. The summed E-state index contributed by atoms with van der Waals surface area (Å²) in [7, 11) is 1.69. The lowest BCUT2D eigenvalue weighted by Crippen LogP contribution is -2.45. The molecule has 2 N–H and O–H groups in total. The maximum Gasteiger partial charge on any atom is 0.252 e. The Bertz CT molecular complexity index is 486. The Balaban J connectivity index is 2.77. The third-order valence-electron chi connectivity index (χ3n) is 3.02. The van der Waals surface area contributed by atoms with E-state index in [0.29, 0.717) is 17.7 Å². The van der Waals surface area contributed by atoms with Gasteiger partial charge in [0.2, 0.25) is 5.91 Å². The number of amides is 2. The Morgan fingerprint density at radius 3 is 2.58 bits per heavy atom. The molecule has 0 heterocycles. The van der Waals surface area contributed by atoms with Gasteiger partial charge >= 0.3 is 0 Å². The lowest BCUT2D eigenvalue weighted by atomic mass is 10.1. The van der Waals surface area contributed by atoms with Crippen molar-refractivity contribution >= 4 is 11.8 Å². The molecule has 0 aliphatic carbocycles. The second kappa shape index (κ2) is 6.22. The van der Waals surface area contributed by atoms with Crippen LogP contribution in [0.15, 0.2) is 18.2 Å². The number of nitrogens with zero attached hydrogens (tertiary/aromatic N) is 1. The van der Waals surface area contributed by atoms with Gasteiger partial charge in [0.1, 0.15) is 11.8 Å². The number of carbonyl (C=O) groups excluding carboxylic acids is 2. The van der Waals surface area contributed by atoms with Gasteiger partial charge in [0.25, 0.3) is 5.91 Å². The average Bonchev–Trinajstić information content (AvgIpc) is 2.36. The highest BCUT2D eigenvalue weighted by molar-refractivity contribution is 5.98. The summed E-state index contributed by atoms with van der Waals surface area (Å²) in [6, 6.07) is 3.93. The summed E-state index contributed by atoms with van der Waals surface area (Å²) in [5.41, 5.74) is 1.12. The second-order valence-electron chi connectivity index (χ2n) is 4.55. The molecule has 2 amide bonds. The molecule has 1 rings (SSSR count). The first-order valence-electron chi connectivity index (χ1n) is 6.22. The summed E-state index contributed by atoms with van der Waals surface area (Å²) in [4.78, 5) is 25.4. The van der Waals surface area contributed by atoms with E-state index in [0.717, 1.165) is 0 Å². The van der Waals surface area contributed by atoms with E-state index >= 15 is 0 Å². The summed E-state index contributed by atoms with van der Waals surface area (Å²) >= 11 is 0. The molecule has 0 fully saturated rings. The van der Waals surface area contributed by atoms with Crippen molar-refractivity contribution in [3.8, 4) is 5.75 Å². The molecule has 0 aromatic heterocycles. The fourth-order valence-electron chi connectivity index (χ4n) is 1.73. The van der Waals surface area contributed by atoms with Crippen molar-refractivity contribution in [2.75, 3.05) is 13.6 Å². The average molecular weight is 264 g/mol. The van der Waals surface area contributed by atoms with E-state index in [1.807, 2.05) is 6.92 Å². The number of rotatable bonds is 4. The molecule has 0 saturated carbocycles. The van der Waals surface area contributed by atoms with E-state index < -0.39 is 6.04 Å². The molecule has 0 aliphatic rings. The first-order chi connectivity index (χ1) is 8.86. The Morgan fingerprint density at radius 1 is 1.42 bits per heavy atom. The first-order valence-corrected chi connectivity index (χ1v) is 6.22. The van der Waals surface area contributed by atoms with Crippen LogP contribution in [-0.2, 0) is 4.79 Å². The lowest BCUT2D eigenvalue weighted by Gasteiger charge is -2.20. The molecular formula is C14H20N2O3. The largest absolute Gasteiger partial charge is 0.508 e. The minimum absolute atomic E-state index is 0.115. The zero-order valence-electron chi connectivity index (χ0n) is 11.7. The van der Waals surface area contributed by atoms with Crippen LogP contribution in [0.5, 0.6) is 5.75 Å². The number of aryl methyl sites for hydroxylation is 1. The van der Waals surface area contributed by atoms with Gasteiger partial charge in [0.05, 0.1) is 0 Å². The van der Waals surface area contributed by atoms with Gasteiger partial charge in [-0.1, -0.05) is 0 Å². The maximum absolute atomic E-state index is 12.0. The van der Waals surface area contributed by atoms with Gasteiger partial charge in [-0.3, -0.25) is 9.59 Å². The fourth-order valence-corrected chi connectivity index (χ4v) is 1.73. The topological polar surface area (TPSA) is 69.6 Å². The van der Waals surface area contributed by atoms with Gasteiger partial charge in [-0.15, -0.1) is 0 Å². The molecule has 0 aliphatic heterocycles. The molecular weight excluding hydrogens is 244 g/mol. The highest BCUT2D eigenvalue weighted by Crippen LogP contribution is 2.15. The summed E-state index contributed by atoms with van der Waals surface area (Å²) in [5.74, 6) is -0.334. The van der Waals surface area contributed by atoms with Crippen molar-refractivity contribution in [1.29, 1.82) is 0 Å². The molecule has 1 aromatic carbocycles. The molecule has 5 heteroatoms. The lowest BCUT2D eigenvalue weighted by molar-refractivity contribution is -0.131. The number of nitrogens with one attached hydrogen (secondary N) is 1. The minimum atomic E-state index is -0.578. The number of benzene rings is 1. The summed E-state index contributed by atoms with van der Waals surface area (Å²) in [5, 5.41) is 12.0. The van der Waals surface area contributed by atoms with E-state index in [4.69, 9.17) is 0 Å². The normalized spacial score (nSPS) is 11.8. The van der Waals surface area contributed by atoms with Gasteiger partial charge in [0.15, 0.2) is 0 Å². The maximum atomic E-state index is 12.0. The quantitative estimate of drug-likeness (QED) is 0.861. The van der Waals surface area contributed by atoms with Crippen LogP contribution < -0.4 is 5.32 Å². The molecule has 0 radical (unpaired) electrons. The van der Waals surface area contributed by atoms with Gasteiger partial charge in [-0.05, 0) is 44.5 Å². The Hall–Kier alpha value is -2.04. The standard InChI is InChI=1S/C14H20N2O3/c1-5-16(4)14(19)10(3)15-13(18)12-7-6-11(17)8-9(12)2/h6-8,10,17H,5H2,1-4H3,(H,15,18). The van der Waals surface area contributed by atoms with E-state index in [9.17, 15) is 14.7 Å². The van der Waals surface area contributed by atoms with Gasteiger partial charge in [0, 0.05) is 19.2 Å². The Morgan fingerprint density at radius 2 is 2.05 bits per heavy atom. The number of phenols is 1. The predicted octanol–water partition coefficient (Wildman–Crippen LogP) is 1.30. The summed E-state index contributed by atoms with van der Waals surface area (Å²) < 4.78 is 0. The zero-order valence-corrected chi connectivity index (χ0v) is 11.7. The van der Waals surface area contributed by atoms with Crippen molar-refractivity contribution in [3.63, 3.8) is 0 Å². The third-order valence-corrected chi connectivity index (χ3v) is 3.02. The van der Waals surface area contributed by atoms with E-state index in [1.54, 1.807) is 31.9 Å². The third kappa shape index (κ3) is 3.71. The molecule has 19 heavy (non-hydrogen) atoms. The first kappa shape index (κ1) is 15.0. The van der Waals surface area contributed by atoms with Crippen LogP contribution >= 0.6 is 0 Å². The number of phenolic OH excluding ortho intramolecular Hbond substituents is 1. The van der Waals surface area contributed by atoms with Crippen LogP contribution in [0.1, 0.15) is 29.8 Å². The molecule has 1 unspecified atom stereocenters. The highest BCUT2D eigenvalue weighted by atomic mass is 16.3. The van der Waals surface area contributed by atoms with Crippen molar-refractivity contribution in [3.05, 3.63) is 29.3 Å². The van der Waals surface area contributed by atoms with Crippen LogP contribution in [0.25, 0.3) is 0 Å². The van der Waals surface area contributed by atoms with Crippen LogP contribution in [-0.4, -0.2) is 41.5 Å². The van der Waals surface area contributed by atoms with E-state index in [2.05, 4.69) is 5.32 Å². The zero-order chi connectivity index (χ0) is 14.6. The Kier molecular flexibility index (Phi) is 4.92. The summed E-state index contributed by atoms with van der Waals surface area (Å²) in [6.45, 7) is 5.86. The van der Waals surface area contributed by atoms with E-state index in [-0.39, 0.29) is 17.6 Å². The van der Waals surface area contributed by atoms with Gasteiger partial charge in [-0.25, -0.2) is 0 Å². The molecule has 0 spiro atoms. The number of hydrogen-bond acceptors (Lipinski definition) is 3. The SMILES string of the molecule is CCN(C)C(=O)C(C)NC(=O)c1ccc(O)cc1C. The van der Waals surface area contributed by atoms with Crippen molar-refractivity contribution < 1.29 is 14.7 Å². The molecule has 1 atom stereocenters. The Labute approximate surface area is 113 Å². The molecule has 104 valence electrons. The van der Waals surface area contributed by atoms with Crippen molar-refractivity contribution in [2.24, 2.45) is 0 Å². The van der Waals surface area contributed by atoms with Gasteiger partial charge < -0.3 is 15.3 Å². The van der Waals surface area contributed by atoms with Crippen LogP contribution in [0.4, 0.5) is 0 Å². The minimum Gasteiger partial charge on any atom is -0.508 e. The molecule has 0 bridgehead atoms. The van der Waals surface area contributed by atoms with Crippen molar-refractivity contribution in [1.82, 2.24) is 10.2 Å². The fraction of sp³-hybridized carbons (Fsp3) is 0.429. The monoisotopic (exact) mass is 264 g/mol. The van der Waals surface area contributed by atoms with Crippen LogP contribution in [0.3, 0.4) is 0 Å². The predicted molar refractivity (Wildman–Crippen MR) is 73.1 cm³/mol. The molecule has 5 nitrogen and oxygen atoms in total. The number of aromatic hydroxyl groups is 1. The van der Waals surface area contributed by atoms with Gasteiger partial charge in [-0.2, -0.15) is 0 Å². The van der Waals surface area contributed by atoms with Crippen LogP contribution in [0, 0.1) is 6.92 Å². The second-order valence-corrected chi connectivity index (χ2v) is 4.55. The smallest absolute Gasteiger partial charge is 0.252 e. The van der Waals surface area contributed by atoms with Crippen LogP contribution in [0.2, 0.25) is 0 Å². The molecule has 1 aromatic rings. The van der Waals surface area contributed by atoms with Crippen molar-refractivity contribution in [2.45, 2.75) is 26.8 Å². The number of hydrogen-bond donors (Lipinski definition) is 2. The van der Waals surface area contributed by atoms with E-state index in [1.165, 1.54) is 12.1 Å².